The number of carbonyl (C=O) groups is 1. The molecule has 0 fully saturated rings. The van der Waals surface area contributed by atoms with Gasteiger partial charge < -0.3 is 9.88 Å². The molecule has 3 nitrogen and oxygen atoms in total. The van der Waals surface area contributed by atoms with Crippen molar-refractivity contribution in [3.8, 4) is 0 Å². The standard InChI is InChI=1S/C17H15ClN2O/c1-20(11-12-5-3-2-4-6-12)17(21)15-10-19-16-9-13(18)7-8-14(15)16/h2-10,19H,11H2,1H3. The fourth-order valence-electron chi connectivity index (χ4n) is 2.41. The van der Waals surface area contributed by atoms with Gasteiger partial charge in [-0.3, -0.25) is 4.79 Å². The van der Waals surface area contributed by atoms with Crippen LogP contribution >= 0.6 is 11.6 Å². The Bertz CT molecular complexity index is 780. The summed E-state index contributed by atoms with van der Waals surface area (Å²) in [5, 5.41) is 1.55. The first-order valence-corrected chi connectivity index (χ1v) is 7.09. The zero-order chi connectivity index (χ0) is 14.8. The predicted octanol–water partition coefficient (Wildman–Crippen LogP) is 4.09. The largest absolute Gasteiger partial charge is 0.360 e. The molecule has 3 aromatic rings. The molecule has 0 saturated heterocycles. The maximum atomic E-state index is 12.6. The van der Waals surface area contributed by atoms with Crippen molar-refractivity contribution in [1.82, 2.24) is 9.88 Å². The molecule has 2 aromatic carbocycles. The zero-order valence-electron chi connectivity index (χ0n) is 11.6. The van der Waals surface area contributed by atoms with Crippen molar-refractivity contribution < 1.29 is 4.79 Å². The number of hydrogen-bond donors (Lipinski definition) is 1. The third-order valence-corrected chi connectivity index (χ3v) is 3.72. The van der Waals surface area contributed by atoms with Gasteiger partial charge in [-0.25, -0.2) is 0 Å². The summed E-state index contributed by atoms with van der Waals surface area (Å²) in [6.45, 7) is 0.583. The second-order valence-corrected chi connectivity index (χ2v) is 5.48. The Morgan fingerprint density at radius 1 is 1.19 bits per heavy atom. The van der Waals surface area contributed by atoms with Crippen LogP contribution in [0.3, 0.4) is 0 Å². The van der Waals surface area contributed by atoms with Crippen molar-refractivity contribution in [2.24, 2.45) is 0 Å². The number of carbonyl (C=O) groups excluding carboxylic acids is 1. The van der Waals surface area contributed by atoms with Crippen molar-refractivity contribution in [1.29, 1.82) is 0 Å². The van der Waals surface area contributed by atoms with E-state index in [0.717, 1.165) is 16.5 Å². The Kier molecular flexibility index (Phi) is 3.67. The van der Waals surface area contributed by atoms with Gasteiger partial charge in [-0.15, -0.1) is 0 Å². The average Bonchev–Trinajstić information content (AvgIpc) is 2.90. The lowest BCUT2D eigenvalue weighted by Crippen LogP contribution is -2.25. The summed E-state index contributed by atoms with van der Waals surface area (Å²) >= 11 is 5.96. The minimum absolute atomic E-state index is 0.00701. The molecule has 0 radical (unpaired) electrons. The summed E-state index contributed by atoms with van der Waals surface area (Å²) in [6, 6.07) is 15.4. The summed E-state index contributed by atoms with van der Waals surface area (Å²) in [7, 11) is 1.81. The Morgan fingerprint density at radius 2 is 1.95 bits per heavy atom. The van der Waals surface area contributed by atoms with Gasteiger partial charge in [-0.1, -0.05) is 48.0 Å². The van der Waals surface area contributed by atoms with E-state index in [2.05, 4.69) is 4.98 Å². The Morgan fingerprint density at radius 3 is 2.71 bits per heavy atom. The summed E-state index contributed by atoms with van der Waals surface area (Å²) in [5.74, 6) is -0.00701. The highest BCUT2D eigenvalue weighted by molar-refractivity contribution is 6.31. The van der Waals surface area contributed by atoms with Crippen LogP contribution in [0.15, 0.2) is 54.7 Å². The molecular formula is C17H15ClN2O. The number of benzene rings is 2. The van der Waals surface area contributed by atoms with Gasteiger partial charge in [0.2, 0.25) is 0 Å². The van der Waals surface area contributed by atoms with Crippen LogP contribution < -0.4 is 0 Å². The van der Waals surface area contributed by atoms with E-state index in [0.29, 0.717) is 17.1 Å². The van der Waals surface area contributed by atoms with Gasteiger partial charge in [-0.2, -0.15) is 0 Å². The van der Waals surface area contributed by atoms with Crippen LogP contribution in [0.5, 0.6) is 0 Å². The average molecular weight is 299 g/mol. The SMILES string of the molecule is CN(Cc1ccccc1)C(=O)c1c[nH]c2cc(Cl)ccc12. The summed E-state index contributed by atoms with van der Waals surface area (Å²) < 4.78 is 0. The second kappa shape index (κ2) is 5.62. The second-order valence-electron chi connectivity index (χ2n) is 5.04. The number of aromatic amines is 1. The smallest absolute Gasteiger partial charge is 0.256 e. The fourth-order valence-corrected chi connectivity index (χ4v) is 2.58. The lowest BCUT2D eigenvalue weighted by molar-refractivity contribution is 0.0787. The van der Waals surface area contributed by atoms with Crippen LogP contribution in [0.2, 0.25) is 5.02 Å². The highest BCUT2D eigenvalue weighted by Gasteiger charge is 2.16. The van der Waals surface area contributed by atoms with Crippen LogP contribution in [0, 0.1) is 0 Å². The molecule has 21 heavy (non-hydrogen) atoms. The minimum atomic E-state index is -0.00701. The van der Waals surface area contributed by atoms with Gasteiger partial charge in [0, 0.05) is 35.7 Å². The van der Waals surface area contributed by atoms with Crippen molar-refractivity contribution in [3.63, 3.8) is 0 Å². The maximum absolute atomic E-state index is 12.6. The van der Waals surface area contributed by atoms with Gasteiger partial charge in [-0.05, 0) is 17.7 Å². The van der Waals surface area contributed by atoms with Crippen LogP contribution in [0.4, 0.5) is 0 Å². The molecule has 0 bridgehead atoms. The van der Waals surface area contributed by atoms with E-state index >= 15 is 0 Å². The first-order chi connectivity index (χ1) is 10.1. The molecule has 0 unspecified atom stereocenters. The van der Waals surface area contributed by atoms with E-state index in [1.807, 2.05) is 49.5 Å². The Balaban J connectivity index is 1.86. The maximum Gasteiger partial charge on any atom is 0.256 e. The van der Waals surface area contributed by atoms with Crippen LogP contribution in [0.25, 0.3) is 10.9 Å². The summed E-state index contributed by atoms with van der Waals surface area (Å²) in [4.78, 5) is 17.4. The van der Waals surface area contributed by atoms with E-state index in [-0.39, 0.29) is 5.91 Å². The molecular weight excluding hydrogens is 284 g/mol. The van der Waals surface area contributed by atoms with E-state index in [1.54, 1.807) is 17.2 Å². The summed E-state index contributed by atoms with van der Waals surface area (Å²) in [6.07, 6.45) is 1.74. The Hall–Kier alpha value is -2.26. The van der Waals surface area contributed by atoms with Crippen LogP contribution in [-0.4, -0.2) is 22.8 Å². The molecule has 0 aliphatic heterocycles. The van der Waals surface area contributed by atoms with E-state index < -0.39 is 0 Å². The van der Waals surface area contributed by atoms with Crippen molar-refractivity contribution >= 4 is 28.4 Å². The highest BCUT2D eigenvalue weighted by atomic mass is 35.5. The molecule has 0 aliphatic rings. The highest BCUT2D eigenvalue weighted by Crippen LogP contribution is 2.23. The number of rotatable bonds is 3. The van der Waals surface area contributed by atoms with Crippen LogP contribution in [-0.2, 0) is 6.54 Å². The predicted molar refractivity (Wildman–Crippen MR) is 85.5 cm³/mol. The normalized spacial score (nSPS) is 10.8. The number of H-pyrrole nitrogens is 1. The fraction of sp³-hybridized carbons (Fsp3) is 0.118. The number of nitrogens with zero attached hydrogens (tertiary/aromatic N) is 1. The van der Waals surface area contributed by atoms with Crippen molar-refractivity contribution in [2.45, 2.75) is 6.54 Å². The first-order valence-electron chi connectivity index (χ1n) is 6.71. The van der Waals surface area contributed by atoms with Crippen LogP contribution in [0.1, 0.15) is 15.9 Å². The molecule has 4 heteroatoms. The van der Waals surface area contributed by atoms with E-state index in [4.69, 9.17) is 11.6 Å². The molecule has 1 amide bonds. The molecule has 0 spiro atoms. The Labute approximate surface area is 128 Å². The topological polar surface area (TPSA) is 36.1 Å². The molecule has 3 rings (SSSR count). The third kappa shape index (κ3) is 2.78. The van der Waals surface area contributed by atoms with Gasteiger partial charge in [0.05, 0.1) is 5.56 Å². The molecule has 1 N–H and O–H groups in total. The number of halogens is 1. The lowest BCUT2D eigenvalue weighted by atomic mass is 10.1. The molecule has 106 valence electrons. The van der Waals surface area contributed by atoms with E-state index in [9.17, 15) is 4.79 Å². The quantitative estimate of drug-likeness (QED) is 0.776. The van der Waals surface area contributed by atoms with Gasteiger partial charge in [0.25, 0.3) is 5.91 Å². The molecule has 1 aromatic heterocycles. The first kappa shape index (κ1) is 13.7. The van der Waals surface area contributed by atoms with Gasteiger partial charge in [0.15, 0.2) is 0 Å². The molecule has 0 aliphatic carbocycles. The number of fused-ring (bicyclic) bond motifs is 1. The molecule has 0 atom stereocenters. The number of amides is 1. The van der Waals surface area contributed by atoms with E-state index in [1.165, 1.54) is 0 Å². The monoisotopic (exact) mass is 298 g/mol. The van der Waals surface area contributed by atoms with Gasteiger partial charge >= 0.3 is 0 Å². The molecule has 0 saturated carbocycles. The number of aromatic nitrogens is 1. The van der Waals surface area contributed by atoms with Crippen molar-refractivity contribution in [3.05, 3.63) is 70.9 Å². The third-order valence-electron chi connectivity index (χ3n) is 3.48. The summed E-state index contributed by atoms with van der Waals surface area (Å²) in [5.41, 5.74) is 2.65. The lowest BCUT2D eigenvalue weighted by Gasteiger charge is -2.16. The molecule has 1 heterocycles. The number of hydrogen-bond acceptors (Lipinski definition) is 1. The van der Waals surface area contributed by atoms with Gasteiger partial charge in [0.1, 0.15) is 0 Å². The zero-order valence-corrected chi connectivity index (χ0v) is 12.4. The van der Waals surface area contributed by atoms with Crippen molar-refractivity contribution in [2.75, 3.05) is 7.05 Å². The minimum Gasteiger partial charge on any atom is -0.360 e. The number of nitrogens with one attached hydrogen (secondary N) is 1.